The number of carbonyl (C=O) groups is 1. The molecule has 0 bridgehead atoms. The third-order valence-corrected chi connectivity index (χ3v) is 3.52. The summed E-state index contributed by atoms with van der Waals surface area (Å²) >= 11 is 1.36. The van der Waals surface area contributed by atoms with Gasteiger partial charge in [0.2, 0.25) is 5.91 Å². The number of hydrogen-bond donors (Lipinski definition) is 1. The SMILES string of the molecule is CC(=O)Nc1nc(COc2ccc(CCN=[N+]=[N-])cc2)cs1. The van der Waals surface area contributed by atoms with Crippen LogP contribution in [0.1, 0.15) is 18.2 Å². The molecule has 0 radical (unpaired) electrons. The second kappa shape index (κ2) is 8.02. The number of thiazole rings is 1. The predicted molar refractivity (Wildman–Crippen MR) is 84.9 cm³/mol. The Morgan fingerprint density at radius 1 is 1.45 bits per heavy atom. The molecule has 8 heteroatoms. The minimum atomic E-state index is -0.141. The van der Waals surface area contributed by atoms with Crippen molar-refractivity contribution in [3.05, 3.63) is 51.3 Å². The summed E-state index contributed by atoms with van der Waals surface area (Å²) in [5, 5.41) is 8.55. The zero-order valence-electron chi connectivity index (χ0n) is 12.0. The van der Waals surface area contributed by atoms with Crippen molar-refractivity contribution in [3.8, 4) is 5.75 Å². The van der Waals surface area contributed by atoms with Gasteiger partial charge in [0.25, 0.3) is 0 Å². The molecule has 2 aromatic rings. The van der Waals surface area contributed by atoms with E-state index in [1.54, 1.807) is 0 Å². The van der Waals surface area contributed by atoms with Gasteiger partial charge >= 0.3 is 0 Å². The number of benzene rings is 1. The van der Waals surface area contributed by atoms with Crippen molar-refractivity contribution in [3.63, 3.8) is 0 Å². The molecule has 1 N–H and O–H groups in total. The van der Waals surface area contributed by atoms with E-state index in [-0.39, 0.29) is 5.91 Å². The van der Waals surface area contributed by atoms with Crippen LogP contribution in [-0.2, 0) is 17.8 Å². The molecule has 0 atom stereocenters. The zero-order chi connectivity index (χ0) is 15.8. The lowest BCUT2D eigenvalue weighted by molar-refractivity contribution is -0.114. The summed E-state index contributed by atoms with van der Waals surface area (Å²) in [6.45, 7) is 2.23. The quantitative estimate of drug-likeness (QED) is 0.480. The van der Waals surface area contributed by atoms with E-state index in [2.05, 4.69) is 20.3 Å². The van der Waals surface area contributed by atoms with Crippen LogP contribution >= 0.6 is 11.3 Å². The van der Waals surface area contributed by atoms with Gasteiger partial charge in [-0.1, -0.05) is 17.2 Å². The Balaban J connectivity index is 1.84. The molecule has 22 heavy (non-hydrogen) atoms. The molecule has 1 aromatic heterocycles. The van der Waals surface area contributed by atoms with Crippen LogP contribution in [0.2, 0.25) is 0 Å². The molecule has 0 aliphatic carbocycles. The molecule has 0 aliphatic heterocycles. The summed E-state index contributed by atoms with van der Waals surface area (Å²) in [6.07, 6.45) is 0.705. The first-order valence-electron chi connectivity index (χ1n) is 6.62. The van der Waals surface area contributed by atoms with E-state index in [0.717, 1.165) is 17.0 Å². The number of anilines is 1. The van der Waals surface area contributed by atoms with E-state index in [9.17, 15) is 4.79 Å². The first kappa shape index (κ1) is 15.8. The lowest BCUT2D eigenvalue weighted by Crippen LogP contribution is -2.05. The molecule has 114 valence electrons. The summed E-state index contributed by atoms with van der Waals surface area (Å²) in [7, 11) is 0. The highest BCUT2D eigenvalue weighted by atomic mass is 32.1. The van der Waals surface area contributed by atoms with Gasteiger partial charge in [-0.2, -0.15) is 0 Å². The second-order valence-corrected chi connectivity index (χ2v) is 5.32. The normalized spacial score (nSPS) is 9.86. The third kappa shape index (κ3) is 5.08. The molecule has 2 rings (SSSR count). The first-order chi connectivity index (χ1) is 10.7. The maximum absolute atomic E-state index is 10.9. The van der Waals surface area contributed by atoms with Crippen molar-refractivity contribution in [1.29, 1.82) is 0 Å². The Bertz CT molecular complexity index is 677. The molecule has 0 aliphatic rings. The van der Waals surface area contributed by atoms with E-state index >= 15 is 0 Å². The Labute approximate surface area is 131 Å². The van der Waals surface area contributed by atoms with Crippen LogP contribution in [0.3, 0.4) is 0 Å². The van der Waals surface area contributed by atoms with E-state index in [4.69, 9.17) is 10.3 Å². The summed E-state index contributed by atoms with van der Waals surface area (Å²) < 4.78 is 5.64. The van der Waals surface area contributed by atoms with Gasteiger partial charge < -0.3 is 10.1 Å². The van der Waals surface area contributed by atoms with E-state index < -0.39 is 0 Å². The molecule has 0 saturated heterocycles. The van der Waals surface area contributed by atoms with E-state index in [1.807, 2.05) is 29.6 Å². The van der Waals surface area contributed by atoms with Gasteiger partial charge in [-0.25, -0.2) is 4.98 Å². The zero-order valence-corrected chi connectivity index (χ0v) is 12.8. The summed E-state index contributed by atoms with van der Waals surface area (Å²) in [5.41, 5.74) is 10.1. The molecule has 1 amide bonds. The number of nitrogens with zero attached hydrogens (tertiary/aromatic N) is 4. The monoisotopic (exact) mass is 317 g/mol. The van der Waals surface area contributed by atoms with Crippen molar-refractivity contribution in [2.75, 3.05) is 11.9 Å². The molecule has 0 spiro atoms. The minimum absolute atomic E-state index is 0.141. The van der Waals surface area contributed by atoms with Crippen LogP contribution in [0.25, 0.3) is 10.4 Å². The number of nitrogens with one attached hydrogen (secondary N) is 1. The van der Waals surface area contributed by atoms with E-state index in [1.165, 1.54) is 18.3 Å². The molecule has 0 unspecified atom stereocenters. The lowest BCUT2D eigenvalue weighted by atomic mass is 10.1. The van der Waals surface area contributed by atoms with Crippen molar-refractivity contribution in [2.45, 2.75) is 20.0 Å². The fourth-order valence-electron chi connectivity index (χ4n) is 1.71. The van der Waals surface area contributed by atoms with Crippen LogP contribution in [0.15, 0.2) is 34.8 Å². The third-order valence-electron chi connectivity index (χ3n) is 2.71. The smallest absolute Gasteiger partial charge is 0.223 e. The maximum Gasteiger partial charge on any atom is 0.223 e. The van der Waals surface area contributed by atoms with Gasteiger partial charge in [0.05, 0.1) is 5.69 Å². The average Bonchev–Trinajstić information content (AvgIpc) is 2.93. The predicted octanol–water partition coefficient (Wildman–Crippen LogP) is 3.53. The molecule has 1 aromatic carbocycles. The van der Waals surface area contributed by atoms with Gasteiger partial charge in [0.1, 0.15) is 12.4 Å². The number of azide groups is 1. The highest BCUT2D eigenvalue weighted by Crippen LogP contribution is 2.18. The molecule has 0 saturated carbocycles. The number of amides is 1. The topological polar surface area (TPSA) is 100.0 Å². The fourth-order valence-corrected chi connectivity index (χ4v) is 2.46. The van der Waals surface area contributed by atoms with Crippen molar-refractivity contribution < 1.29 is 9.53 Å². The number of rotatable bonds is 7. The van der Waals surface area contributed by atoms with Gasteiger partial charge in [0, 0.05) is 23.8 Å². The molecule has 0 fully saturated rings. The number of ether oxygens (including phenoxy) is 1. The van der Waals surface area contributed by atoms with Crippen LogP contribution in [-0.4, -0.2) is 17.4 Å². The van der Waals surface area contributed by atoms with Crippen LogP contribution in [0.4, 0.5) is 5.13 Å². The summed E-state index contributed by atoms with van der Waals surface area (Å²) in [4.78, 5) is 17.9. The van der Waals surface area contributed by atoms with Crippen LogP contribution in [0, 0.1) is 0 Å². The molecular formula is C14H15N5O2S. The Kier molecular flexibility index (Phi) is 5.76. The van der Waals surface area contributed by atoms with Crippen LogP contribution < -0.4 is 10.1 Å². The first-order valence-corrected chi connectivity index (χ1v) is 7.50. The largest absolute Gasteiger partial charge is 0.487 e. The summed E-state index contributed by atoms with van der Waals surface area (Å²) in [5.74, 6) is 0.597. The number of hydrogen-bond acceptors (Lipinski definition) is 5. The van der Waals surface area contributed by atoms with E-state index in [0.29, 0.717) is 24.7 Å². The molecule has 7 nitrogen and oxygen atoms in total. The highest BCUT2D eigenvalue weighted by molar-refractivity contribution is 7.13. The maximum atomic E-state index is 10.9. The number of aromatic nitrogens is 1. The lowest BCUT2D eigenvalue weighted by Gasteiger charge is -2.05. The van der Waals surface area contributed by atoms with Crippen LogP contribution in [0.5, 0.6) is 5.75 Å². The Hall–Kier alpha value is -2.57. The van der Waals surface area contributed by atoms with Gasteiger partial charge in [-0.05, 0) is 29.6 Å². The minimum Gasteiger partial charge on any atom is -0.487 e. The fraction of sp³-hybridized carbons (Fsp3) is 0.286. The highest BCUT2D eigenvalue weighted by Gasteiger charge is 2.04. The average molecular weight is 317 g/mol. The van der Waals surface area contributed by atoms with Gasteiger partial charge in [-0.3, -0.25) is 4.79 Å². The van der Waals surface area contributed by atoms with Crippen molar-refractivity contribution in [1.82, 2.24) is 4.98 Å². The summed E-state index contributed by atoms with van der Waals surface area (Å²) in [6, 6.07) is 7.61. The Morgan fingerprint density at radius 2 is 2.23 bits per heavy atom. The number of carbonyl (C=O) groups excluding carboxylic acids is 1. The van der Waals surface area contributed by atoms with Crippen molar-refractivity contribution >= 4 is 22.4 Å². The second-order valence-electron chi connectivity index (χ2n) is 4.46. The van der Waals surface area contributed by atoms with Crippen molar-refractivity contribution in [2.24, 2.45) is 5.11 Å². The molecule has 1 heterocycles. The standard InChI is InChI=1S/C14H15N5O2S/c1-10(20)17-14-18-12(9-22-14)8-21-13-4-2-11(3-5-13)6-7-16-19-15/h2-5,9H,6-8H2,1H3,(H,17,18,20). The van der Waals surface area contributed by atoms with Gasteiger partial charge in [-0.15, -0.1) is 11.3 Å². The Morgan fingerprint density at radius 3 is 2.91 bits per heavy atom. The molecular weight excluding hydrogens is 302 g/mol. The van der Waals surface area contributed by atoms with Gasteiger partial charge in [0.15, 0.2) is 5.13 Å².